The van der Waals surface area contributed by atoms with Crippen LogP contribution in [0.5, 0.6) is 0 Å². The molecule has 2 aliphatic rings. The van der Waals surface area contributed by atoms with Crippen LogP contribution in [-0.4, -0.2) is 19.9 Å². The minimum atomic E-state index is -0.406. The van der Waals surface area contributed by atoms with Gasteiger partial charge < -0.3 is 0 Å². The van der Waals surface area contributed by atoms with E-state index in [9.17, 15) is 0 Å². The highest BCUT2D eigenvalue weighted by atomic mass is 15.0. The van der Waals surface area contributed by atoms with E-state index in [4.69, 9.17) is 19.9 Å². The topological polar surface area (TPSA) is 51.6 Å². The number of hydrogen-bond donors (Lipinski definition) is 0. The fourth-order valence-electron chi connectivity index (χ4n) is 8.78. The molecule has 55 heavy (non-hydrogen) atoms. The Morgan fingerprint density at radius 1 is 0.291 bits per heavy atom. The van der Waals surface area contributed by atoms with Crippen LogP contribution in [0.25, 0.3) is 78.8 Å². The first-order valence-electron chi connectivity index (χ1n) is 18.6. The Bertz CT molecular complexity index is 2870. The fraction of sp³-hybridized carbons (Fsp3) is 0.0196. The quantitative estimate of drug-likeness (QED) is 0.179. The van der Waals surface area contributed by atoms with Gasteiger partial charge in [0.1, 0.15) is 0 Å². The van der Waals surface area contributed by atoms with Crippen molar-refractivity contribution in [1.82, 2.24) is 19.9 Å². The molecule has 11 rings (SSSR count). The van der Waals surface area contributed by atoms with Crippen LogP contribution < -0.4 is 0 Å². The Morgan fingerprint density at radius 2 is 0.745 bits per heavy atom. The van der Waals surface area contributed by atoms with Crippen molar-refractivity contribution >= 4 is 0 Å². The maximum Gasteiger partial charge on any atom is 0.165 e. The number of nitrogens with zero attached hydrogens (tertiary/aromatic N) is 4. The van der Waals surface area contributed by atoms with Gasteiger partial charge in [0, 0.05) is 28.5 Å². The molecule has 0 atom stereocenters. The molecule has 9 aromatic rings. The molecule has 2 heterocycles. The molecular weight excluding hydrogens is 669 g/mol. The third kappa shape index (κ3) is 4.85. The molecule has 0 amide bonds. The summed E-state index contributed by atoms with van der Waals surface area (Å²) in [5, 5.41) is 0. The predicted molar refractivity (Wildman–Crippen MR) is 221 cm³/mol. The maximum atomic E-state index is 5.20. The number of fused-ring (bicyclic) bond motifs is 10. The molecule has 2 aromatic heterocycles. The van der Waals surface area contributed by atoms with Crippen LogP contribution in [0.1, 0.15) is 22.3 Å². The van der Waals surface area contributed by atoms with E-state index in [-0.39, 0.29) is 0 Å². The second-order valence-corrected chi connectivity index (χ2v) is 14.2. The van der Waals surface area contributed by atoms with Crippen LogP contribution in [-0.2, 0) is 5.41 Å². The van der Waals surface area contributed by atoms with Gasteiger partial charge in [0.2, 0.25) is 0 Å². The largest absolute Gasteiger partial charge is 0.255 e. The van der Waals surface area contributed by atoms with Gasteiger partial charge in [0.25, 0.3) is 0 Å². The maximum absolute atomic E-state index is 5.20. The van der Waals surface area contributed by atoms with E-state index in [1.54, 1.807) is 0 Å². The van der Waals surface area contributed by atoms with Crippen molar-refractivity contribution in [3.63, 3.8) is 0 Å². The van der Waals surface area contributed by atoms with E-state index in [0.29, 0.717) is 17.5 Å². The van der Waals surface area contributed by atoms with E-state index in [1.165, 1.54) is 44.5 Å². The molecule has 7 aromatic carbocycles. The predicted octanol–water partition coefficient (Wildman–Crippen LogP) is 11.9. The summed E-state index contributed by atoms with van der Waals surface area (Å²) in [5.74, 6) is 1.81. The molecule has 4 nitrogen and oxygen atoms in total. The third-order valence-corrected chi connectivity index (χ3v) is 11.2. The highest BCUT2D eigenvalue weighted by Gasteiger charge is 2.51. The van der Waals surface area contributed by atoms with Crippen LogP contribution in [0.15, 0.2) is 194 Å². The summed E-state index contributed by atoms with van der Waals surface area (Å²) >= 11 is 0. The molecule has 0 unspecified atom stereocenters. The van der Waals surface area contributed by atoms with E-state index in [2.05, 4.69) is 158 Å². The molecule has 256 valence electrons. The van der Waals surface area contributed by atoms with Gasteiger partial charge in [-0.2, -0.15) is 0 Å². The van der Waals surface area contributed by atoms with Gasteiger partial charge in [-0.15, -0.1) is 0 Å². The lowest BCUT2D eigenvalue weighted by atomic mass is 9.70. The van der Waals surface area contributed by atoms with Crippen molar-refractivity contribution < 1.29 is 0 Å². The van der Waals surface area contributed by atoms with Gasteiger partial charge in [0.15, 0.2) is 17.5 Å². The first-order valence-corrected chi connectivity index (χ1v) is 18.6. The van der Waals surface area contributed by atoms with Crippen LogP contribution >= 0.6 is 0 Å². The molecular formula is C51H32N4. The van der Waals surface area contributed by atoms with Gasteiger partial charge in [-0.1, -0.05) is 164 Å². The van der Waals surface area contributed by atoms with Crippen LogP contribution in [0.4, 0.5) is 0 Å². The molecule has 0 fully saturated rings. The molecule has 0 N–H and O–H groups in total. The van der Waals surface area contributed by atoms with E-state index >= 15 is 0 Å². The van der Waals surface area contributed by atoms with Crippen molar-refractivity contribution in [1.29, 1.82) is 0 Å². The monoisotopic (exact) mass is 700 g/mol. The van der Waals surface area contributed by atoms with Gasteiger partial charge in [-0.25, -0.2) is 15.0 Å². The average Bonchev–Trinajstić information content (AvgIpc) is 3.74. The highest BCUT2D eigenvalue weighted by Crippen LogP contribution is 2.62. The Labute approximate surface area is 319 Å². The van der Waals surface area contributed by atoms with Crippen LogP contribution in [0, 0.1) is 0 Å². The molecule has 1 spiro atoms. The molecule has 0 radical (unpaired) electrons. The van der Waals surface area contributed by atoms with Crippen LogP contribution in [0.2, 0.25) is 0 Å². The zero-order valence-electron chi connectivity index (χ0n) is 29.8. The zero-order valence-corrected chi connectivity index (χ0v) is 29.8. The summed E-state index contributed by atoms with van der Waals surface area (Å²) in [6, 6.07) is 66.6. The number of rotatable bonds is 5. The number of aromatic nitrogens is 4. The highest BCUT2D eigenvalue weighted by molar-refractivity contribution is 5.96. The first-order chi connectivity index (χ1) is 27.3. The smallest absolute Gasteiger partial charge is 0.165 e. The Kier molecular flexibility index (Phi) is 7.04. The molecule has 2 aliphatic carbocycles. The number of benzene rings is 7. The summed E-state index contributed by atoms with van der Waals surface area (Å²) in [6.45, 7) is 0. The molecule has 0 saturated heterocycles. The lowest BCUT2D eigenvalue weighted by molar-refractivity contribution is 0.794. The van der Waals surface area contributed by atoms with Crippen LogP contribution in [0.3, 0.4) is 0 Å². The normalized spacial score (nSPS) is 12.9. The van der Waals surface area contributed by atoms with Crippen molar-refractivity contribution in [2.75, 3.05) is 0 Å². The third-order valence-electron chi connectivity index (χ3n) is 11.2. The van der Waals surface area contributed by atoms with Crippen molar-refractivity contribution in [2.24, 2.45) is 0 Å². The Morgan fingerprint density at radius 3 is 1.35 bits per heavy atom. The molecule has 0 aliphatic heterocycles. The van der Waals surface area contributed by atoms with E-state index in [0.717, 1.165) is 39.1 Å². The second-order valence-electron chi connectivity index (χ2n) is 14.2. The SMILES string of the molecule is c1ccc(-c2cccc(-c3nc(-c4ccc(-c5ccccc5)nc4)nc(-c4ccc5c(c4)-c4ccccc4C54c5ccccc5-c5ccccc54)n3)c2)cc1. The summed E-state index contributed by atoms with van der Waals surface area (Å²) < 4.78 is 0. The first kappa shape index (κ1) is 31.2. The van der Waals surface area contributed by atoms with Gasteiger partial charge in [-0.3, -0.25) is 4.98 Å². The minimum absolute atomic E-state index is 0.406. The summed E-state index contributed by atoms with van der Waals surface area (Å²) in [7, 11) is 0. The van der Waals surface area contributed by atoms with Crippen molar-refractivity contribution in [3.8, 4) is 78.8 Å². The Hall–Kier alpha value is -7.30. The number of pyridine rings is 1. The lowest BCUT2D eigenvalue weighted by Gasteiger charge is -2.30. The second kappa shape index (κ2) is 12.4. The summed E-state index contributed by atoms with van der Waals surface area (Å²) in [4.78, 5) is 20.3. The van der Waals surface area contributed by atoms with Crippen molar-refractivity contribution in [2.45, 2.75) is 5.41 Å². The fourth-order valence-corrected chi connectivity index (χ4v) is 8.78. The lowest BCUT2D eigenvalue weighted by Crippen LogP contribution is -2.25. The van der Waals surface area contributed by atoms with Gasteiger partial charge in [-0.05, 0) is 79.9 Å². The van der Waals surface area contributed by atoms with E-state index in [1.807, 2.05) is 36.5 Å². The standard InChI is InChI=1S/C51H32N4/c1-3-14-33(15-4-1)35-18-13-19-36(30-35)48-53-49(55-50(54-48)38-27-29-47(52-32-38)34-16-5-2-6-17-34)37-26-28-46-42(31-37)41-22-9-12-25-45(41)51(46)43-23-10-7-20-39(43)40-21-8-11-24-44(40)51/h1-32H. The van der Waals surface area contributed by atoms with Gasteiger partial charge >= 0.3 is 0 Å². The molecule has 0 bridgehead atoms. The molecule has 4 heteroatoms. The summed E-state index contributed by atoms with van der Waals surface area (Å²) in [5.41, 5.74) is 16.7. The zero-order chi connectivity index (χ0) is 36.3. The Balaban J connectivity index is 1.10. The summed E-state index contributed by atoms with van der Waals surface area (Å²) in [6.07, 6.45) is 1.86. The van der Waals surface area contributed by atoms with Gasteiger partial charge in [0.05, 0.1) is 11.1 Å². The molecule has 0 saturated carbocycles. The minimum Gasteiger partial charge on any atom is -0.255 e. The van der Waals surface area contributed by atoms with E-state index < -0.39 is 5.41 Å². The van der Waals surface area contributed by atoms with Crippen molar-refractivity contribution in [3.05, 3.63) is 217 Å². The average molecular weight is 701 g/mol. The number of hydrogen-bond acceptors (Lipinski definition) is 4.